The van der Waals surface area contributed by atoms with Crippen molar-refractivity contribution in [1.29, 1.82) is 5.26 Å². The number of benzene rings is 1. The molecule has 2 aromatic rings. The average Bonchev–Trinajstić information content (AvgIpc) is 2.70. The molecule has 0 aliphatic carbocycles. The van der Waals surface area contributed by atoms with E-state index in [2.05, 4.69) is 23.6 Å². The summed E-state index contributed by atoms with van der Waals surface area (Å²) in [4.78, 5) is 2.01. The van der Waals surface area contributed by atoms with E-state index >= 15 is 0 Å². The van der Waals surface area contributed by atoms with Crippen molar-refractivity contribution >= 4 is 27.1 Å². The monoisotopic (exact) mass is 216 g/mol. The third kappa shape index (κ3) is 1.69. The van der Waals surface area contributed by atoms with Gasteiger partial charge in [0.2, 0.25) is 0 Å². The van der Waals surface area contributed by atoms with Crippen molar-refractivity contribution in [3.8, 4) is 6.07 Å². The summed E-state index contributed by atoms with van der Waals surface area (Å²) in [6, 6.07) is 10.4. The van der Waals surface area contributed by atoms with Crippen LogP contribution in [0.5, 0.6) is 0 Å². The highest BCUT2D eigenvalue weighted by molar-refractivity contribution is 7.17. The molecule has 0 amide bonds. The molecule has 1 unspecified atom stereocenters. The molecule has 2 rings (SSSR count). The molecular weight excluding hydrogens is 204 g/mol. The van der Waals surface area contributed by atoms with Crippen molar-refractivity contribution in [2.45, 2.75) is 13.0 Å². The number of hydrogen-bond acceptors (Lipinski definition) is 3. The number of thiophene rings is 1. The van der Waals surface area contributed by atoms with Gasteiger partial charge in [-0.15, -0.1) is 11.3 Å². The maximum absolute atomic E-state index is 8.89. The van der Waals surface area contributed by atoms with Gasteiger partial charge in [-0.25, -0.2) is 0 Å². The van der Waals surface area contributed by atoms with Crippen LogP contribution in [-0.4, -0.2) is 13.1 Å². The highest BCUT2D eigenvalue weighted by Crippen LogP contribution is 2.32. The fraction of sp³-hybridized carbons (Fsp3) is 0.250. The van der Waals surface area contributed by atoms with Crippen LogP contribution in [0.3, 0.4) is 0 Å². The predicted molar refractivity (Wildman–Crippen MR) is 65.3 cm³/mol. The van der Waals surface area contributed by atoms with Gasteiger partial charge in [0.05, 0.1) is 11.8 Å². The highest BCUT2D eigenvalue weighted by atomic mass is 32.1. The maximum Gasteiger partial charge on any atom is 0.113 e. The molecule has 0 spiro atoms. The molecular formula is C12H12N2S. The van der Waals surface area contributed by atoms with E-state index in [1.807, 2.05) is 31.0 Å². The normalized spacial score (nSPS) is 12.3. The summed E-state index contributed by atoms with van der Waals surface area (Å²) >= 11 is 1.72. The number of fused-ring (bicyclic) bond motifs is 1. The van der Waals surface area contributed by atoms with E-state index in [4.69, 9.17) is 5.26 Å². The third-order valence-corrected chi connectivity index (χ3v) is 3.56. The summed E-state index contributed by atoms with van der Waals surface area (Å²) < 4.78 is 1.27. The first-order valence-electron chi connectivity index (χ1n) is 4.82. The molecule has 0 saturated carbocycles. The molecule has 1 atom stereocenters. The fourth-order valence-electron chi connectivity index (χ4n) is 1.53. The van der Waals surface area contributed by atoms with Crippen molar-refractivity contribution in [3.63, 3.8) is 0 Å². The predicted octanol–water partition coefficient (Wildman–Crippen LogP) is 3.25. The Hall–Kier alpha value is -1.53. The van der Waals surface area contributed by atoms with E-state index in [0.29, 0.717) is 0 Å². The topological polar surface area (TPSA) is 27.0 Å². The van der Waals surface area contributed by atoms with Crippen molar-refractivity contribution < 1.29 is 0 Å². The van der Waals surface area contributed by atoms with Crippen LogP contribution >= 0.6 is 11.3 Å². The van der Waals surface area contributed by atoms with Crippen LogP contribution in [0.1, 0.15) is 6.92 Å². The Morgan fingerprint density at radius 1 is 1.40 bits per heavy atom. The zero-order valence-corrected chi connectivity index (χ0v) is 9.58. The van der Waals surface area contributed by atoms with Crippen molar-refractivity contribution in [2.24, 2.45) is 0 Å². The average molecular weight is 216 g/mol. The Morgan fingerprint density at radius 3 is 2.87 bits per heavy atom. The first kappa shape index (κ1) is 10.0. The lowest BCUT2D eigenvalue weighted by atomic mass is 10.2. The Labute approximate surface area is 93.4 Å². The van der Waals surface area contributed by atoms with Crippen LogP contribution in [0, 0.1) is 11.3 Å². The molecule has 1 aromatic carbocycles. The van der Waals surface area contributed by atoms with E-state index in [-0.39, 0.29) is 6.04 Å². The van der Waals surface area contributed by atoms with Crippen molar-refractivity contribution in [2.75, 3.05) is 11.9 Å². The van der Waals surface area contributed by atoms with Crippen LogP contribution in [0.15, 0.2) is 29.6 Å². The Bertz CT molecular complexity index is 510. The van der Waals surface area contributed by atoms with E-state index in [0.717, 1.165) is 5.69 Å². The zero-order chi connectivity index (χ0) is 10.8. The summed E-state index contributed by atoms with van der Waals surface area (Å²) in [7, 11) is 1.96. The van der Waals surface area contributed by atoms with Crippen LogP contribution < -0.4 is 4.90 Å². The minimum atomic E-state index is -0.0944. The van der Waals surface area contributed by atoms with Crippen molar-refractivity contribution in [1.82, 2.24) is 0 Å². The Kier molecular flexibility index (Phi) is 2.61. The molecule has 0 fully saturated rings. The van der Waals surface area contributed by atoms with Gasteiger partial charge in [0.1, 0.15) is 6.04 Å². The largest absolute Gasteiger partial charge is 0.358 e. The quantitative estimate of drug-likeness (QED) is 0.770. The first-order chi connectivity index (χ1) is 7.24. The van der Waals surface area contributed by atoms with Crippen LogP contribution in [0.25, 0.3) is 10.1 Å². The third-order valence-electron chi connectivity index (χ3n) is 2.61. The van der Waals surface area contributed by atoms with Gasteiger partial charge in [-0.05, 0) is 13.0 Å². The van der Waals surface area contributed by atoms with E-state index < -0.39 is 0 Å². The van der Waals surface area contributed by atoms with Gasteiger partial charge in [0, 0.05) is 22.5 Å². The number of hydrogen-bond donors (Lipinski definition) is 0. The maximum atomic E-state index is 8.89. The molecule has 0 radical (unpaired) electrons. The molecule has 0 aliphatic heterocycles. The van der Waals surface area contributed by atoms with E-state index in [1.165, 1.54) is 10.1 Å². The van der Waals surface area contributed by atoms with Crippen LogP contribution in [0.2, 0.25) is 0 Å². The van der Waals surface area contributed by atoms with E-state index in [1.54, 1.807) is 11.3 Å². The van der Waals surface area contributed by atoms with E-state index in [9.17, 15) is 0 Å². The highest BCUT2D eigenvalue weighted by Gasteiger charge is 2.12. The molecule has 0 bridgehead atoms. The second kappa shape index (κ2) is 3.92. The zero-order valence-electron chi connectivity index (χ0n) is 8.77. The lowest BCUT2D eigenvalue weighted by Crippen LogP contribution is -2.26. The summed E-state index contributed by atoms with van der Waals surface area (Å²) in [5, 5.41) is 12.2. The summed E-state index contributed by atoms with van der Waals surface area (Å²) in [5.74, 6) is 0. The number of nitriles is 1. The molecule has 2 nitrogen and oxygen atoms in total. The Balaban J connectivity index is 2.49. The van der Waals surface area contributed by atoms with Gasteiger partial charge in [-0.1, -0.05) is 18.2 Å². The first-order valence-corrected chi connectivity index (χ1v) is 5.70. The fourth-order valence-corrected chi connectivity index (χ4v) is 2.52. The molecule has 1 aromatic heterocycles. The van der Waals surface area contributed by atoms with Crippen LogP contribution in [0.4, 0.5) is 5.69 Å². The second-order valence-corrected chi connectivity index (χ2v) is 4.44. The summed E-state index contributed by atoms with van der Waals surface area (Å²) in [5.41, 5.74) is 1.14. The molecule has 3 heteroatoms. The summed E-state index contributed by atoms with van der Waals surface area (Å²) in [6.45, 7) is 1.91. The number of rotatable bonds is 2. The smallest absolute Gasteiger partial charge is 0.113 e. The van der Waals surface area contributed by atoms with Crippen molar-refractivity contribution in [3.05, 3.63) is 29.6 Å². The van der Waals surface area contributed by atoms with Gasteiger partial charge in [0.25, 0.3) is 0 Å². The molecule has 76 valence electrons. The molecule has 15 heavy (non-hydrogen) atoms. The standard InChI is InChI=1S/C12H12N2S/c1-9(7-13)14(2)11-8-15-12-6-4-3-5-10(11)12/h3-6,8-9H,1-2H3. The molecule has 0 N–H and O–H groups in total. The van der Waals surface area contributed by atoms with Crippen LogP contribution in [-0.2, 0) is 0 Å². The molecule has 0 aliphatic rings. The lowest BCUT2D eigenvalue weighted by molar-refractivity contribution is 0.840. The van der Waals surface area contributed by atoms with Gasteiger partial charge in [-0.3, -0.25) is 0 Å². The lowest BCUT2D eigenvalue weighted by Gasteiger charge is -2.20. The van der Waals surface area contributed by atoms with Gasteiger partial charge >= 0.3 is 0 Å². The van der Waals surface area contributed by atoms with Gasteiger partial charge in [-0.2, -0.15) is 5.26 Å². The SMILES string of the molecule is CC(C#N)N(C)c1csc2ccccc12. The Morgan fingerprint density at radius 2 is 2.13 bits per heavy atom. The minimum absolute atomic E-state index is 0.0944. The molecule has 1 heterocycles. The van der Waals surface area contributed by atoms with Gasteiger partial charge < -0.3 is 4.90 Å². The minimum Gasteiger partial charge on any atom is -0.358 e. The van der Waals surface area contributed by atoms with Gasteiger partial charge in [0.15, 0.2) is 0 Å². The number of anilines is 1. The molecule has 0 saturated heterocycles. The number of nitrogens with zero attached hydrogens (tertiary/aromatic N) is 2. The second-order valence-electron chi connectivity index (χ2n) is 3.53. The summed E-state index contributed by atoms with van der Waals surface area (Å²) in [6.07, 6.45) is 0.